The van der Waals surface area contributed by atoms with Crippen LogP contribution < -0.4 is 10.5 Å². The van der Waals surface area contributed by atoms with Crippen molar-refractivity contribution in [2.45, 2.75) is 31.2 Å². The van der Waals surface area contributed by atoms with Crippen LogP contribution >= 0.6 is 0 Å². The summed E-state index contributed by atoms with van der Waals surface area (Å²) in [4.78, 5) is 11.8. The molecule has 19 heavy (non-hydrogen) atoms. The number of carbonyl (C=O) groups is 1. The summed E-state index contributed by atoms with van der Waals surface area (Å²) >= 11 is 0. The zero-order chi connectivity index (χ0) is 14.2. The van der Waals surface area contributed by atoms with Crippen LogP contribution in [0.5, 0.6) is 11.5 Å². The number of phenolic OH excluding ortho intramolecular Hbond substituents is 1. The van der Waals surface area contributed by atoms with Gasteiger partial charge in [-0.1, -0.05) is 0 Å². The predicted octanol–water partition coefficient (Wildman–Crippen LogP) is 1.57. The number of hydrogen-bond acceptors (Lipinski definition) is 5. The number of esters is 1. The fourth-order valence-corrected chi connectivity index (χ4v) is 2.51. The maximum absolute atomic E-state index is 11.8. The van der Waals surface area contributed by atoms with E-state index < -0.39 is 5.97 Å². The van der Waals surface area contributed by atoms with Crippen molar-refractivity contribution in [3.63, 3.8) is 0 Å². The first-order valence-corrected chi connectivity index (χ1v) is 6.21. The maximum Gasteiger partial charge on any atom is 0.341 e. The van der Waals surface area contributed by atoms with Gasteiger partial charge in [0.15, 0.2) is 0 Å². The van der Waals surface area contributed by atoms with Crippen LogP contribution in [0.15, 0.2) is 12.1 Å². The van der Waals surface area contributed by atoms with Crippen LogP contribution in [0.25, 0.3) is 0 Å². The molecule has 0 amide bonds. The van der Waals surface area contributed by atoms with Gasteiger partial charge in [0.05, 0.1) is 14.2 Å². The molecular weight excluding hydrogens is 246 g/mol. The van der Waals surface area contributed by atoms with E-state index in [-0.39, 0.29) is 17.2 Å². The number of aromatic hydroxyl groups is 1. The molecule has 0 saturated heterocycles. The van der Waals surface area contributed by atoms with Crippen LogP contribution in [-0.4, -0.2) is 31.3 Å². The zero-order valence-corrected chi connectivity index (χ0v) is 11.4. The van der Waals surface area contributed by atoms with Gasteiger partial charge in [0, 0.05) is 23.1 Å². The Morgan fingerprint density at radius 2 is 2.05 bits per heavy atom. The standard InChI is InChI=1S/C14H19NO4/c1-8(15)14(4-5-14)10-6-9(13(17)19-3)12(18-2)7-11(10)16/h6-8,16H,4-5,15H2,1-3H3. The molecule has 5 nitrogen and oxygen atoms in total. The molecule has 0 spiro atoms. The lowest BCUT2D eigenvalue weighted by molar-refractivity contribution is 0.0597. The van der Waals surface area contributed by atoms with Crippen LogP contribution in [0.2, 0.25) is 0 Å². The molecule has 1 unspecified atom stereocenters. The third-order valence-corrected chi connectivity index (χ3v) is 3.92. The Kier molecular flexibility index (Phi) is 3.41. The van der Waals surface area contributed by atoms with E-state index in [1.807, 2.05) is 6.92 Å². The highest BCUT2D eigenvalue weighted by molar-refractivity contribution is 5.93. The number of benzene rings is 1. The predicted molar refractivity (Wildman–Crippen MR) is 70.6 cm³/mol. The number of rotatable bonds is 4. The van der Waals surface area contributed by atoms with Crippen LogP contribution in [0.1, 0.15) is 35.7 Å². The van der Waals surface area contributed by atoms with E-state index in [0.29, 0.717) is 16.9 Å². The van der Waals surface area contributed by atoms with Crippen molar-refractivity contribution in [3.05, 3.63) is 23.3 Å². The second-order valence-corrected chi connectivity index (χ2v) is 5.01. The fraction of sp³-hybridized carbons (Fsp3) is 0.500. The van der Waals surface area contributed by atoms with Gasteiger partial charge in [-0.3, -0.25) is 0 Å². The first kappa shape index (κ1) is 13.7. The molecule has 1 atom stereocenters. The lowest BCUT2D eigenvalue weighted by atomic mass is 9.87. The van der Waals surface area contributed by atoms with Gasteiger partial charge in [-0.05, 0) is 25.8 Å². The van der Waals surface area contributed by atoms with E-state index in [0.717, 1.165) is 12.8 Å². The third kappa shape index (κ3) is 2.14. The lowest BCUT2D eigenvalue weighted by Gasteiger charge is -2.22. The normalized spacial score (nSPS) is 17.7. The number of phenols is 1. The molecule has 3 N–H and O–H groups in total. The van der Waals surface area contributed by atoms with Crippen LogP contribution in [0.4, 0.5) is 0 Å². The maximum atomic E-state index is 11.8. The summed E-state index contributed by atoms with van der Waals surface area (Å²) in [7, 11) is 2.76. The molecule has 1 fully saturated rings. The first-order chi connectivity index (χ1) is 8.96. The molecule has 5 heteroatoms. The van der Waals surface area contributed by atoms with E-state index in [1.54, 1.807) is 6.07 Å². The largest absolute Gasteiger partial charge is 0.508 e. The molecule has 104 valence electrons. The summed E-state index contributed by atoms with van der Waals surface area (Å²) in [6.07, 6.45) is 1.82. The number of carbonyl (C=O) groups excluding carboxylic acids is 1. The van der Waals surface area contributed by atoms with E-state index in [2.05, 4.69) is 0 Å². The summed E-state index contributed by atoms with van der Waals surface area (Å²) in [6.45, 7) is 1.91. The Morgan fingerprint density at radius 1 is 1.42 bits per heavy atom. The molecule has 1 aromatic rings. The van der Waals surface area contributed by atoms with Crippen LogP contribution in [0, 0.1) is 0 Å². The van der Waals surface area contributed by atoms with Gasteiger partial charge >= 0.3 is 5.97 Å². The van der Waals surface area contributed by atoms with Crippen LogP contribution in [0.3, 0.4) is 0 Å². The quantitative estimate of drug-likeness (QED) is 0.807. The average Bonchev–Trinajstić information content (AvgIpc) is 3.18. The Balaban J connectivity index is 2.55. The number of methoxy groups -OCH3 is 2. The summed E-state index contributed by atoms with van der Waals surface area (Å²) in [5.41, 5.74) is 6.78. The first-order valence-electron chi connectivity index (χ1n) is 6.21. The van der Waals surface area contributed by atoms with E-state index in [4.69, 9.17) is 15.2 Å². The monoisotopic (exact) mass is 265 g/mol. The van der Waals surface area contributed by atoms with Gasteiger partial charge < -0.3 is 20.3 Å². The molecule has 0 bridgehead atoms. The highest BCUT2D eigenvalue weighted by Crippen LogP contribution is 2.54. The van der Waals surface area contributed by atoms with Crippen molar-refractivity contribution in [3.8, 4) is 11.5 Å². The van der Waals surface area contributed by atoms with Crippen molar-refractivity contribution < 1.29 is 19.4 Å². The summed E-state index contributed by atoms with van der Waals surface area (Å²) in [6, 6.07) is 3.00. The van der Waals surface area contributed by atoms with Gasteiger partial charge in [0.1, 0.15) is 17.1 Å². The summed E-state index contributed by atoms with van der Waals surface area (Å²) in [5, 5.41) is 10.1. The lowest BCUT2D eigenvalue weighted by Crippen LogP contribution is -2.31. The molecule has 0 radical (unpaired) electrons. The smallest absolute Gasteiger partial charge is 0.341 e. The molecule has 0 heterocycles. The van der Waals surface area contributed by atoms with Crippen molar-refractivity contribution in [1.82, 2.24) is 0 Å². The molecule has 1 aliphatic carbocycles. The van der Waals surface area contributed by atoms with Gasteiger partial charge in [0.25, 0.3) is 0 Å². The number of ether oxygens (including phenoxy) is 2. The van der Waals surface area contributed by atoms with Gasteiger partial charge in [-0.2, -0.15) is 0 Å². The SMILES string of the molecule is COC(=O)c1cc(C2(C(C)N)CC2)c(O)cc1OC. The second-order valence-electron chi connectivity index (χ2n) is 5.01. The minimum absolute atomic E-state index is 0.0858. The second kappa shape index (κ2) is 4.74. The van der Waals surface area contributed by atoms with Crippen molar-refractivity contribution in [1.29, 1.82) is 0 Å². The van der Waals surface area contributed by atoms with Gasteiger partial charge in [0.2, 0.25) is 0 Å². The van der Waals surface area contributed by atoms with Crippen molar-refractivity contribution >= 4 is 5.97 Å². The van der Waals surface area contributed by atoms with Crippen molar-refractivity contribution in [2.75, 3.05) is 14.2 Å². The van der Waals surface area contributed by atoms with E-state index >= 15 is 0 Å². The number of nitrogens with two attached hydrogens (primary N) is 1. The minimum atomic E-state index is -0.487. The summed E-state index contributed by atoms with van der Waals surface area (Å²) < 4.78 is 9.84. The van der Waals surface area contributed by atoms with E-state index in [9.17, 15) is 9.90 Å². The highest BCUT2D eigenvalue weighted by atomic mass is 16.5. The average molecular weight is 265 g/mol. The topological polar surface area (TPSA) is 81.8 Å². The molecule has 0 aromatic heterocycles. The fourth-order valence-electron chi connectivity index (χ4n) is 2.51. The van der Waals surface area contributed by atoms with Crippen molar-refractivity contribution in [2.24, 2.45) is 5.73 Å². The Morgan fingerprint density at radius 3 is 2.47 bits per heavy atom. The van der Waals surface area contributed by atoms with Gasteiger partial charge in [-0.15, -0.1) is 0 Å². The Hall–Kier alpha value is -1.75. The van der Waals surface area contributed by atoms with E-state index in [1.165, 1.54) is 20.3 Å². The Bertz CT molecular complexity index is 506. The highest BCUT2D eigenvalue weighted by Gasteiger charge is 2.49. The molecule has 1 saturated carbocycles. The molecule has 1 aromatic carbocycles. The zero-order valence-electron chi connectivity index (χ0n) is 11.4. The number of hydrogen-bond donors (Lipinski definition) is 2. The molecule has 0 aliphatic heterocycles. The molecule has 1 aliphatic rings. The molecular formula is C14H19NO4. The minimum Gasteiger partial charge on any atom is -0.508 e. The Labute approximate surface area is 112 Å². The molecule has 2 rings (SSSR count). The van der Waals surface area contributed by atoms with Crippen LogP contribution in [-0.2, 0) is 10.2 Å². The van der Waals surface area contributed by atoms with Gasteiger partial charge in [-0.25, -0.2) is 4.79 Å². The summed E-state index contributed by atoms with van der Waals surface area (Å²) in [5.74, 6) is -0.0774. The third-order valence-electron chi connectivity index (χ3n) is 3.92.